The molecular weight excluding hydrogens is 346 g/mol. The lowest BCUT2D eigenvalue weighted by Gasteiger charge is -2.40. The van der Waals surface area contributed by atoms with E-state index in [1.807, 2.05) is 0 Å². The second-order valence-corrected chi connectivity index (χ2v) is 7.38. The van der Waals surface area contributed by atoms with E-state index in [1.54, 1.807) is 14.2 Å². The molecule has 3 nitrogen and oxygen atoms in total. The number of ether oxygens (including phenoxy) is 2. The van der Waals surface area contributed by atoms with Crippen LogP contribution in [0.2, 0.25) is 0 Å². The molecule has 0 aliphatic carbocycles. The van der Waals surface area contributed by atoms with Crippen molar-refractivity contribution < 1.29 is 9.47 Å². The van der Waals surface area contributed by atoms with Gasteiger partial charge in [0.2, 0.25) is 0 Å². The summed E-state index contributed by atoms with van der Waals surface area (Å²) in [4.78, 5) is 2.47. The molecule has 3 aromatic rings. The van der Waals surface area contributed by atoms with Crippen molar-refractivity contribution in [1.82, 2.24) is 4.90 Å². The van der Waals surface area contributed by atoms with Gasteiger partial charge >= 0.3 is 0 Å². The Bertz CT molecular complexity index is 885. The third-order valence-corrected chi connectivity index (χ3v) is 5.81. The second kappa shape index (κ2) is 8.07. The molecule has 28 heavy (non-hydrogen) atoms. The highest BCUT2D eigenvalue weighted by Gasteiger charge is 2.34. The summed E-state index contributed by atoms with van der Waals surface area (Å²) in [6.07, 6.45) is 1.01. The van der Waals surface area contributed by atoms with Crippen LogP contribution in [0, 0.1) is 0 Å². The average Bonchev–Trinajstić information content (AvgIpc) is 2.76. The molecule has 1 aliphatic heterocycles. The molecule has 0 bridgehead atoms. The predicted molar refractivity (Wildman–Crippen MR) is 113 cm³/mol. The van der Waals surface area contributed by atoms with E-state index < -0.39 is 0 Å². The highest BCUT2D eigenvalue weighted by Crippen LogP contribution is 2.46. The number of benzene rings is 3. The van der Waals surface area contributed by atoms with E-state index in [0.29, 0.717) is 0 Å². The highest BCUT2D eigenvalue weighted by molar-refractivity contribution is 5.51. The Kier molecular flexibility index (Phi) is 5.36. The predicted octanol–water partition coefficient (Wildman–Crippen LogP) is 5.06. The largest absolute Gasteiger partial charge is 0.493 e. The number of fused-ring (bicyclic) bond motifs is 1. The van der Waals surface area contributed by atoms with Gasteiger partial charge < -0.3 is 9.47 Å². The molecule has 0 N–H and O–H groups in total. The molecule has 4 rings (SSSR count). The summed E-state index contributed by atoms with van der Waals surface area (Å²) >= 11 is 0. The number of rotatable bonds is 5. The Labute approximate surface area is 167 Å². The zero-order valence-electron chi connectivity index (χ0n) is 16.8. The lowest BCUT2D eigenvalue weighted by Crippen LogP contribution is -2.36. The van der Waals surface area contributed by atoms with Crippen LogP contribution in [0.25, 0.3) is 0 Å². The highest BCUT2D eigenvalue weighted by atomic mass is 16.5. The topological polar surface area (TPSA) is 21.7 Å². The minimum Gasteiger partial charge on any atom is -0.493 e. The Morgan fingerprint density at radius 3 is 1.89 bits per heavy atom. The van der Waals surface area contributed by atoms with Gasteiger partial charge in [0.05, 0.1) is 14.2 Å². The third-order valence-electron chi connectivity index (χ3n) is 5.81. The standard InChI is InChI=1S/C25H27NO2/c1-26-15-14-20-16-22(27-2)23(28-3)17-21(20)25(26)24(18-10-6-4-7-11-18)19-12-8-5-9-13-19/h4-13,16-17,24-25H,14-15H2,1-3H3/t25-/m1/s1. The third kappa shape index (κ3) is 3.38. The molecule has 0 unspecified atom stereocenters. The van der Waals surface area contributed by atoms with E-state index in [1.165, 1.54) is 22.3 Å². The summed E-state index contributed by atoms with van der Waals surface area (Å²) in [5.41, 5.74) is 5.32. The summed E-state index contributed by atoms with van der Waals surface area (Å²) in [7, 11) is 5.63. The van der Waals surface area contributed by atoms with E-state index in [4.69, 9.17) is 9.47 Å². The van der Waals surface area contributed by atoms with Gasteiger partial charge in [-0.3, -0.25) is 4.90 Å². The molecule has 0 fully saturated rings. The Morgan fingerprint density at radius 2 is 1.36 bits per heavy atom. The molecule has 3 heteroatoms. The van der Waals surface area contributed by atoms with Crippen molar-refractivity contribution in [3.8, 4) is 11.5 Å². The lowest BCUT2D eigenvalue weighted by molar-refractivity contribution is 0.210. The van der Waals surface area contributed by atoms with Crippen LogP contribution >= 0.6 is 0 Å². The molecule has 0 saturated heterocycles. The van der Waals surface area contributed by atoms with Crippen LogP contribution < -0.4 is 9.47 Å². The van der Waals surface area contributed by atoms with Gasteiger partial charge in [-0.05, 0) is 47.9 Å². The van der Waals surface area contributed by atoms with Crippen molar-refractivity contribution >= 4 is 0 Å². The van der Waals surface area contributed by atoms with Crippen LogP contribution in [0.1, 0.15) is 34.2 Å². The molecule has 144 valence electrons. The number of likely N-dealkylation sites (N-methyl/N-ethyl adjacent to an activating group) is 1. The second-order valence-electron chi connectivity index (χ2n) is 7.38. The van der Waals surface area contributed by atoms with Crippen LogP contribution in [0.4, 0.5) is 0 Å². The summed E-state index contributed by atoms with van der Waals surface area (Å²) in [5.74, 6) is 1.84. The maximum Gasteiger partial charge on any atom is 0.161 e. The first kappa shape index (κ1) is 18.6. The zero-order chi connectivity index (χ0) is 19.5. The Balaban J connectivity index is 1.90. The van der Waals surface area contributed by atoms with Crippen LogP contribution in [-0.4, -0.2) is 32.7 Å². The summed E-state index contributed by atoms with van der Waals surface area (Å²) in [6, 6.07) is 26.2. The first-order valence-corrected chi connectivity index (χ1v) is 9.78. The zero-order valence-corrected chi connectivity index (χ0v) is 16.8. The number of hydrogen-bond acceptors (Lipinski definition) is 3. The summed E-state index contributed by atoms with van der Waals surface area (Å²) < 4.78 is 11.2. The van der Waals surface area contributed by atoms with Gasteiger partial charge in [-0.15, -0.1) is 0 Å². The normalized spacial score (nSPS) is 16.6. The van der Waals surface area contributed by atoms with Crippen LogP contribution in [0.15, 0.2) is 72.8 Å². The number of methoxy groups -OCH3 is 2. The van der Waals surface area contributed by atoms with Gasteiger partial charge in [0, 0.05) is 18.5 Å². The van der Waals surface area contributed by atoms with E-state index in [-0.39, 0.29) is 12.0 Å². The molecular formula is C25H27NO2. The van der Waals surface area contributed by atoms with Crippen molar-refractivity contribution in [1.29, 1.82) is 0 Å². The van der Waals surface area contributed by atoms with Crippen molar-refractivity contribution in [2.75, 3.05) is 27.8 Å². The smallest absolute Gasteiger partial charge is 0.161 e. The number of nitrogens with zero attached hydrogens (tertiary/aromatic N) is 1. The van der Waals surface area contributed by atoms with Crippen molar-refractivity contribution in [3.05, 3.63) is 95.1 Å². The minimum atomic E-state index is 0.230. The number of hydrogen-bond donors (Lipinski definition) is 0. The van der Waals surface area contributed by atoms with Gasteiger partial charge in [-0.25, -0.2) is 0 Å². The molecule has 0 radical (unpaired) electrons. The Hall–Kier alpha value is -2.78. The van der Waals surface area contributed by atoms with E-state index >= 15 is 0 Å². The first-order valence-electron chi connectivity index (χ1n) is 9.78. The molecule has 1 aliphatic rings. The molecule has 0 spiro atoms. The maximum atomic E-state index is 5.63. The molecule has 0 aromatic heterocycles. The van der Waals surface area contributed by atoms with Crippen molar-refractivity contribution in [3.63, 3.8) is 0 Å². The average molecular weight is 373 g/mol. The monoisotopic (exact) mass is 373 g/mol. The van der Waals surface area contributed by atoms with Crippen LogP contribution in [0.5, 0.6) is 11.5 Å². The maximum absolute atomic E-state index is 5.63. The van der Waals surface area contributed by atoms with Crippen LogP contribution in [0.3, 0.4) is 0 Å². The van der Waals surface area contributed by atoms with Crippen LogP contribution in [-0.2, 0) is 6.42 Å². The van der Waals surface area contributed by atoms with Gasteiger partial charge in [0.1, 0.15) is 0 Å². The van der Waals surface area contributed by atoms with Crippen molar-refractivity contribution in [2.24, 2.45) is 0 Å². The molecule has 1 heterocycles. The first-order chi connectivity index (χ1) is 13.7. The summed E-state index contributed by atoms with van der Waals surface area (Å²) in [6.45, 7) is 1.02. The Morgan fingerprint density at radius 1 is 0.821 bits per heavy atom. The minimum absolute atomic E-state index is 0.230. The van der Waals surface area contributed by atoms with Gasteiger partial charge in [-0.2, -0.15) is 0 Å². The molecule has 1 atom stereocenters. The van der Waals surface area contributed by atoms with E-state index in [2.05, 4.69) is 84.7 Å². The van der Waals surface area contributed by atoms with Gasteiger partial charge in [0.25, 0.3) is 0 Å². The fraction of sp³-hybridized carbons (Fsp3) is 0.280. The van der Waals surface area contributed by atoms with Gasteiger partial charge in [0.15, 0.2) is 11.5 Å². The van der Waals surface area contributed by atoms with E-state index in [0.717, 1.165) is 24.5 Å². The van der Waals surface area contributed by atoms with Crippen molar-refractivity contribution in [2.45, 2.75) is 18.4 Å². The lowest BCUT2D eigenvalue weighted by atomic mass is 9.77. The summed E-state index contributed by atoms with van der Waals surface area (Å²) in [5, 5.41) is 0. The fourth-order valence-electron chi connectivity index (χ4n) is 4.41. The van der Waals surface area contributed by atoms with E-state index in [9.17, 15) is 0 Å². The fourth-order valence-corrected chi connectivity index (χ4v) is 4.41. The SMILES string of the molecule is COc1cc2c(cc1OC)[C@H](C(c1ccccc1)c1ccccc1)N(C)CC2. The molecule has 0 saturated carbocycles. The molecule has 3 aromatic carbocycles. The quantitative estimate of drug-likeness (QED) is 0.624. The van der Waals surface area contributed by atoms with Gasteiger partial charge in [-0.1, -0.05) is 60.7 Å². The molecule has 0 amide bonds.